The van der Waals surface area contributed by atoms with E-state index >= 15 is 0 Å². The fourth-order valence-electron chi connectivity index (χ4n) is 3.35. The van der Waals surface area contributed by atoms with Crippen LogP contribution in [0.3, 0.4) is 0 Å². The first-order valence-electron chi connectivity index (χ1n) is 9.13. The number of nitrogens with one attached hydrogen (secondary N) is 1. The molecule has 1 aromatic carbocycles. The average Bonchev–Trinajstić information content (AvgIpc) is 3.09. The number of nitrogens with zero attached hydrogens (tertiary/aromatic N) is 2. The first-order valence-corrected chi connectivity index (χ1v) is 9.13. The summed E-state index contributed by atoms with van der Waals surface area (Å²) < 4.78 is 13.2. The van der Waals surface area contributed by atoms with Crippen LogP contribution in [-0.4, -0.2) is 54.8 Å². The minimum atomic E-state index is -0.110. The van der Waals surface area contributed by atoms with E-state index in [0.717, 1.165) is 26.3 Å². The molecular weight excluding hydrogens is 330 g/mol. The van der Waals surface area contributed by atoms with Gasteiger partial charge in [0.2, 0.25) is 0 Å². The third-order valence-corrected chi connectivity index (χ3v) is 4.70. The lowest BCUT2D eigenvalue weighted by atomic mass is 10.1. The van der Waals surface area contributed by atoms with Crippen molar-refractivity contribution in [3.05, 3.63) is 53.9 Å². The van der Waals surface area contributed by atoms with Crippen LogP contribution in [0.15, 0.2) is 42.6 Å². The lowest BCUT2D eigenvalue weighted by molar-refractivity contribution is 0.0148. The van der Waals surface area contributed by atoms with E-state index in [4.69, 9.17) is 9.47 Å². The Kier molecular flexibility index (Phi) is 6.30. The highest BCUT2D eigenvalue weighted by Gasteiger charge is 2.25. The fourth-order valence-corrected chi connectivity index (χ4v) is 3.35. The highest BCUT2D eigenvalue weighted by molar-refractivity contribution is 5.96. The molecular formula is C20H27N3O3. The number of morpholine rings is 1. The van der Waals surface area contributed by atoms with Crippen LogP contribution in [0.1, 0.15) is 29.0 Å². The zero-order valence-electron chi connectivity index (χ0n) is 15.5. The topological polar surface area (TPSA) is 55.7 Å². The number of aromatic nitrogens is 1. The second-order valence-corrected chi connectivity index (χ2v) is 6.35. The second-order valence-electron chi connectivity index (χ2n) is 6.35. The molecule has 0 saturated carbocycles. The first kappa shape index (κ1) is 18.5. The molecule has 6 nitrogen and oxygen atoms in total. The van der Waals surface area contributed by atoms with E-state index in [1.165, 1.54) is 5.69 Å². The molecule has 1 aliphatic heterocycles. The third-order valence-electron chi connectivity index (χ3n) is 4.70. The Morgan fingerprint density at radius 2 is 2.00 bits per heavy atom. The molecule has 0 bridgehead atoms. The van der Waals surface area contributed by atoms with Crippen LogP contribution in [0, 0.1) is 0 Å². The van der Waals surface area contributed by atoms with Crippen molar-refractivity contribution in [3.8, 4) is 5.75 Å². The monoisotopic (exact) mass is 357 g/mol. The second kappa shape index (κ2) is 8.87. The predicted molar refractivity (Wildman–Crippen MR) is 100 cm³/mol. The summed E-state index contributed by atoms with van der Waals surface area (Å²) in [7, 11) is 2.04. The minimum Gasteiger partial charge on any atom is -0.493 e. The standard InChI is InChI=1S/C20H27N3O3/c1-3-26-19-9-5-4-7-16(19)20(24)21-15-18(17-8-6-10-22(17)2)23-11-13-25-14-12-23/h4-10,18H,3,11-15H2,1-2H3,(H,21,24). The van der Waals surface area contributed by atoms with Crippen molar-refractivity contribution >= 4 is 5.91 Å². The van der Waals surface area contributed by atoms with Gasteiger partial charge in [0.25, 0.3) is 5.91 Å². The molecule has 2 aromatic rings. The van der Waals surface area contributed by atoms with Crippen molar-refractivity contribution in [1.82, 2.24) is 14.8 Å². The quantitative estimate of drug-likeness (QED) is 0.826. The summed E-state index contributed by atoms with van der Waals surface area (Å²) in [6.45, 7) is 6.16. The number of rotatable bonds is 7. The molecule has 140 valence electrons. The van der Waals surface area contributed by atoms with Crippen molar-refractivity contribution in [2.24, 2.45) is 7.05 Å². The molecule has 0 aliphatic carbocycles. The number of para-hydroxylation sites is 1. The van der Waals surface area contributed by atoms with Gasteiger partial charge in [-0.2, -0.15) is 0 Å². The van der Waals surface area contributed by atoms with Gasteiger partial charge in [-0.05, 0) is 31.2 Å². The molecule has 0 radical (unpaired) electrons. The third kappa shape index (κ3) is 4.26. The van der Waals surface area contributed by atoms with Crippen molar-refractivity contribution < 1.29 is 14.3 Å². The van der Waals surface area contributed by atoms with Crippen LogP contribution in [0.25, 0.3) is 0 Å². The van der Waals surface area contributed by atoms with Crippen molar-refractivity contribution in [3.63, 3.8) is 0 Å². The van der Waals surface area contributed by atoms with Gasteiger partial charge in [0.05, 0.1) is 31.4 Å². The largest absolute Gasteiger partial charge is 0.493 e. The van der Waals surface area contributed by atoms with E-state index in [0.29, 0.717) is 24.5 Å². The maximum Gasteiger partial charge on any atom is 0.255 e. The maximum atomic E-state index is 12.7. The van der Waals surface area contributed by atoms with E-state index in [2.05, 4.69) is 20.9 Å². The number of aryl methyl sites for hydroxylation is 1. The van der Waals surface area contributed by atoms with E-state index in [9.17, 15) is 4.79 Å². The Bertz CT molecular complexity index is 723. The number of benzene rings is 1. The zero-order valence-corrected chi connectivity index (χ0v) is 15.5. The van der Waals surface area contributed by atoms with E-state index < -0.39 is 0 Å². The molecule has 1 atom stereocenters. The van der Waals surface area contributed by atoms with Crippen molar-refractivity contribution in [2.75, 3.05) is 39.5 Å². The Labute approximate surface area is 154 Å². The van der Waals surface area contributed by atoms with Gasteiger partial charge in [-0.1, -0.05) is 12.1 Å². The summed E-state index contributed by atoms with van der Waals surface area (Å²) >= 11 is 0. The van der Waals surface area contributed by atoms with Gasteiger partial charge in [0.1, 0.15) is 5.75 Å². The predicted octanol–water partition coefficient (Wildman–Crippen LogP) is 2.23. The van der Waals surface area contributed by atoms with Crippen LogP contribution in [0.4, 0.5) is 0 Å². The summed E-state index contributed by atoms with van der Waals surface area (Å²) in [5.74, 6) is 0.510. The summed E-state index contributed by atoms with van der Waals surface area (Å²) in [6.07, 6.45) is 2.04. The number of ether oxygens (including phenoxy) is 2. The SMILES string of the molecule is CCOc1ccccc1C(=O)NCC(c1cccn1C)N1CCOCC1. The van der Waals surface area contributed by atoms with Gasteiger partial charge >= 0.3 is 0 Å². The normalized spacial score (nSPS) is 16.2. The van der Waals surface area contributed by atoms with Crippen molar-refractivity contribution in [1.29, 1.82) is 0 Å². The Balaban J connectivity index is 1.73. The van der Waals surface area contributed by atoms with E-state index in [-0.39, 0.29) is 11.9 Å². The van der Waals surface area contributed by atoms with Gasteiger partial charge in [-0.3, -0.25) is 9.69 Å². The van der Waals surface area contributed by atoms with Gasteiger partial charge in [-0.15, -0.1) is 0 Å². The van der Waals surface area contributed by atoms with Crippen LogP contribution < -0.4 is 10.1 Å². The molecule has 1 aromatic heterocycles. The van der Waals surface area contributed by atoms with Crippen LogP contribution >= 0.6 is 0 Å². The maximum absolute atomic E-state index is 12.7. The molecule has 3 rings (SSSR count). The van der Waals surface area contributed by atoms with E-state index in [1.54, 1.807) is 6.07 Å². The summed E-state index contributed by atoms with van der Waals surface area (Å²) in [6, 6.07) is 11.6. The zero-order chi connectivity index (χ0) is 18.4. The van der Waals surface area contributed by atoms with E-state index in [1.807, 2.05) is 44.4 Å². The lowest BCUT2D eigenvalue weighted by Gasteiger charge is -2.35. The summed E-state index contributed by atoms with van der Waals surface area (Å²) in [4.78, 5) is 15.1. The van der Waals surface area contributed by atoms with Crippen LogP contribution in [0.5, 0.6) is 5.75 Å². The molecule has 1 fully saturated rings. The smallest absolute Gasteiger partial charge is 0.255 e. The van der Waals surface area contributed by atoms with Gasteiger partial charge in [-0.25, -0.2) is 0 Å². The molecule has 6 heteroatoms. The molecule has 1 N–H and O–H groups in total. The average molecular weight is 357 g/mol. The van der Waals surface area contributed by atoms with Crippen molar-refractivity contribution in [2.45, 2.75) is 13.0 Å². The molecule has 1 saturated heterocycles. The fraction of sp³-hybridized carbons (Fsp3) is 0.450. The summed E-state index contributed by atoms with van der Waals surface area (Å²) in [5, 5.41) is 3.10. The number of hydrogen-bond acceptors (Lipinski definition) is 4. The number of carbonyl (C=O) groups excluding carboxylic acids is 1. The molecule has 2 heterocycles. The number of amides is 1. The lowest BCUT2D eigenvalue weighted by Crippen LogP contribution is -2.44. The molecule has 1 unspecified atom stereocenters. The highest BCUT2D eigenvalue weighted by Crippen LogP contribution is 2.22. The highest BCUT2D eigenvalue weighted by atomic mass is 16.5. The molecule has 0 spiro atoms. The Morgan fingerprint density at radius 3 is 2.69 bits per heavy atom. The molecule has 1 aliphatic rings. The molecule has 26 heavy (non-hydrogen) atoms. The van der Waals surface area contributed by atoms with Crippen LogP contribution in [0.2, 0.25) is 0 Å². The van der Waals surface area contributed by atoms with Gasteiger partial charge < -0.3 is 19.4 Å². The Morgan fingerprint density at radius 1 is 1.23 bits per heavy atom. The van der Waals surface area contributed by atoms with Gasteiger partial charge in [0, 0.05) is 38.6 Å². The Hall–Kier alpha value is -2.31. The number of carbonyl (C=O) groups is 1. The van der Waals surface area contributed by atoms with Gasteiger partial charge in [0.15, 0.2) is 0 Å². The number of hydrogen-bond donors (Lipinski definition) is 1. The minimum absolute atomic E-state index is 0.110. The molecule has 1 amide bonds. The first-order chi connectivity index (χ1) is 12.7. The van der Waals surface area contributed by atoms with Crippen LogP contribution in [-0.2, 0) is 11.8 Å². The summed E-state index contributed by atoms with van der Waals surface area (Å²) in [5.41, 5.74) is 1.76.